The fourth-order valence-corrected chi connectivity index (χ4v) is 1.74. The molecule has 2 aromatic rings. The molecule has 0 spiro atoms. The molecule has 1 atom stereocenters. The largest absolute Gasteiger partial charge is 1.00 e. The van der Waals surface area contributed by atoms with Gasteiger partial charge in [0.1, 0.15) is 23.4 Å². The molecule has 4 nitrogen and oxygen atoms in total. The first-order valence-electron chi connectivity index (χ1n) is 5.95. The van der Waals surface area contributed by atoms with E-state index in [4.69, 9.17) is 9.47 Å². The first kappa shape index (κ1) is 18.0. The first-order chi connectivity index (χ1) is 9.54. The van der Waals surface area contributed by atoms with Gasteiger partial charge < -0.3 is 19.4 Å². The Morgan fingerprint density at radius 1 is 1.00 bits per heavy atom. The number of carbonyl (C=O) groups excluding carboxylic acids is 1. The van der Waals surface area contributed by atoms with Crippen molar-refractivity contribution in [2.75, 3.05) is 0 Å². The van der Waals surface area contributed by atoms with Crippen molar-refractivity contribution >= 4 is 21.9 Å². The van der Waals surface area contributed by atoms with Crippen LogP contribution in [-0.2, 0) is 4.79 Å². The summed E-state index contributed by atoms with van der Waals surface area (Å²) in [6.45, 7) is 1.42. The molecule has 104 valence electrons. The molecule has 0 amide bonds. The molecule has 2 rings (SSSR count). The van der Waals surface area contributed by atoms with Crippen LogP contribution < -0.4 is 44.1 Å². The summed E-state index contributed by atoms with van der Waals surface area (Å²) < 4.78 is 11.8. The van der Waals surface area contributed by atoms with E-state index in [0.717, 1.165) is 4.47 Å². The van der Waals surface area contributed by atoms with Crippen LogP contribution in [0.5, 0.6) is 17.2 Å². The number of ether oxygens (including phenoxy) is 2. The summed E-state index contributed by atoms with van der Waals surface area (Å²) in [7, 11) is 0. The number of halogens is 1. The minimum absolute atomic E-state index is 0. The molecule has 0 aliphatic heterocycles. The summed E-state index contributed by atoms with van der Waals surface area (Å²) in [5, 5.41) is 10.6. The van der Waals surface area contributed by atoms with E-state index in [9.17, 15) is 9.90 Å². The van der Waals surface area contributed by atoms with Gasteiger partial charge in [-0.15, -0.1) is 0 Å². The molecule has 0 radical (unpaired) electrons. The molecular weight excluding hydrogens is 347 g/mol. The normalized spacial score (nSPS) is 11.1. The Kier molecular flexibility index (Phi) is 7.25. The average molecular weight is 359 g/mol. The summed E-state index contributed by atoms with van der Waals surface area (Å²) in [6, 6.07) is 14.2. The van der Waals surface area contributed by atoms with Gasteiger partial charge in [-0.2, -0.15) is 0 Å². The fraction of sp³-hybridized carbons (Fsp3) is 0.133. The molecule has 21 heavy (non-hydrogen) atoms. The Morgan fingerprint density at radius 2 is 1.43 bits per heavy atom. The van der Waals surface area contributed by atoms with Gasteiger partial charge in [-0.25, -0.2) is 0 Å². The van der Waals surface area contributed by atoms with Crippen LogP contribution in [0.1, 0.15) is 6.92 Å². The van der Waals surface area contributed by atoms with Crippen molar-refractivity contribution in [2.24, 2.45) is 0 Å². The maximum Gasteiger partial charge on any atom is 1.00 e. The topological polar surface area (TPSA) is 58.6 Å². The van der Waals surface area contributed by atoms with Crippen molar-refractivity contribution < 1.29 is 48.9 Å². The van der Waals surface area contributed by atoms with E-state index in [1.165, 1.54) is 6.92 Å². The van der Waals surface area contributed by atoms with Crippen LogP contribution in [-0.4, -0.2) is 12.1 Å². The Labute approximate surface area is 153 Å². The predicted octanol–water partition coefficient (Wildman–Crippen LogP) is -0.237. The third-order valence-corrected chi connectivity index (χ3v) is 3.05. The van der Waals surface area contributed by atoms with E-state index in [-0.39, 0.29) is 29.6 Å². The van der Waals surface area contributed by atoms with Gasteiger partial charge in [0.05, 0.1) is 5.97 Å². The Morgan fingerprint density at radius 3 is 1.90 bits per heavy atom. The van der Waals surface area contributed by atoms with E-state index in [1.807, 2.05) is 24.3 Å². The van der Waals surface area contributed by atoms with Crippen molar-refractivity contribution in [2.45, 2.75) is 13.0 Å². The molecule has 0 aliphatic carbocycles. The zero-order valence-corrected chi connectivity index (χ0v) is 15.3. The zero-order chi connectivity index (χ0) is 14.5. The van der Waals surface area contributed by atoms with Crippen LogP contribution in [0, 0.1) is 0 Å². The summed E-state index contributed by atoms with van der Waals surface area (Å²) in [4.78, 5) is 10.6. The van der Waals surface area contributed by atoms with E-state index >= 15 is 0 Å². The third-order valence-electron chi connectivity index (χ3n) is 2.52. The second-order valence-electron chi connectivity index (χ2n) is 4.11. The van der Waals surface area contributed by atoms with Gasteiger partial charge in [-0.1, -0.05) is 15.9 Å². The molecule has 0 saturated heterocycles. The zero-order valence-electron chi connectivity index (χ0n) is 11.7. The predicted molar refractivity (Wildman–Crippen MR) is 75.8 cm³/mol. The van der Waals surface area contributed by atoms with E-state index in [0.29, 0.717) is 17.2 Å². The summed E-state index contributed by atoms with van der Waals surface area (Å²) >= 11 is 3.35. The monoisotopic (exact) mass is 358 g/mol. The van der Waals surface area contributed by atoms with Crippen molar-refractivity contribution in [3.63, 3.8) is 0 Å². The maximum absolute atomic E-state index is 10.6. The SMILES string of the molecule is CC(Oc1ccc(Oc2ccc(Br)cc2)cc1)C(=O)[O-].[Na+]. The second-order valence-corrected chi connectivity index (χ2v) is 5.02. The second kappa shape index (κ2) is 8.44. The van der Waals surface area contributed by atoms with Crippen molar-refractivity contribution in [1.82, 2.24) is 0 Å². The summed E-state index contributed by atoms with van der Waals surface area (Å²) in [5.41, 5.74) is 0. The van der Waals surface area contributed by atoms with Crippen molar-refractivity contribution in [3.05, 3.63) is 53.0 Å². The van der Waals surface area contributed by atoms with Gasteiger partial charge >= 0.3 is 29.6 Å². The minimum Gasteiger partial charge on any atom is -0.546 e. The molecule has 1 unspecified atom stereocenters. The Balaban J connectivity index is 0.00000220. The Bertz CT molecular complexity index is 584. The summed E-state index contributed by atoms with van der Waals surface area (Å²) in [5.74, 6) is 0.552. The van der Waals surface area contributed by atoms with Gasteiger partial charge in [0, 0.05) is 4.47 Å². The number of carbonyl (C=O) groups is 1. The smallest absolute Gasteiger partial charge is 0.546 e. The molecule has 0 N–H and O–H groups in total. The molecule has 0 fully saturated rings. The molecule has 0 heterocycles. The van der Waals surface area contributed by atoms with E-state index in [2.05, 4.69) is 15.9 Å². The number of hydrogen-bond donors (Lipinski definition) is 0. The number of rotatable bonds is 5. The number of carboxylic acids is 1. The minimum atomic E-state index is -1.25. The molecule has 0 aromatic heterocycles. The van der Waals surface area contributed by atoms with E-state index in [1.54, 1.807) is 24.3 Å². The van der Waals surface area contributed by atoms with Crippen molar-refractivity contribution in [3.8, 4) is 17.2 Å². The van der Waals surface area contributed by atoms with Gasteiger partial charge in [0.15, 0.2) is 0 Å². The van der Waals surface area contributed by atoms with Crippen LogP contribution in [0.2, 0.25) is 0 Å². The Hall–Kier alpha value is -1.01. The number of carboxylic acid groups (broad SMARTS) is 1. The van der Waals surface area contributed by atoms with Gasteiger partial charge in [-0.3, -0.25) is 0 Å². The molecule has 2 aromatic carbocycles. The number of aliphatic carboxylic acids is 1. The molecule has 0 saturated carbocycles. The standard InChI is InChI=1S/C15H13BrO4.Na/c1-10(15(17)18)19-12-6-8-14(9-7-12)20-13-4-2-11(16)3-5-13;/h2-10H,1H3,(H,17,18);/q;+1/p-1. The fourth-order valence-electron chi connectivity index (χ4n) is 1.48. The molecule has 6 heteroatoms. The molecule has 0 aliphatic rings. The number of hydrogen-bond acceptors (Lipinski definition) is 4. The summed E-state index contributed by atoms with van der Waals surface area (Å²) in [6.07, 6.45) is -0.992. The van der Waals surface area contributed by atoms with Crippen molar-refractivity contribution in [1.29, 1.82) is 0 Å². The van der Waals surface area contributed by atoms with Gasteiger partial charge in [-0.05, 0) is 55.5 Å². The van der Waals surface area contributed by atoms with Crippen LogP contribution in [0.25, 0.3) is 0 Å². The van der Waals surface area contributed by atoms with E-state index < -0.39 is 12.1 Å². The molecular formula is C15H12BrNaO4. The first-order valence-corrected chi connectivity index (χ1v) is 6.75. The van der Waals surface area contributed by atoms with Crippen LogP contribution in [0.15, 0.2) is 53.0 Å². The number of benzene rings is 2. The quantitative estimate of drug-likeness (QED) is 0.692. The van der Waals surface area contributed by atoms with Crippen LogP contribution in [0.4, 0.5) is 0 Å². The molecule has 0 bridgehead atoms. The average Bonchev–Trinajstić information content (AvgIpc) is 2.43. The third kappa shape index (κ3) is 5.71. The van der Waals surface area contributed by atoms with Crippen LogP contribution >= 0.6 is 15.9 Å². The van der Waals surface area contributed by atoms with Gasteiger partial charge in [0.2, 0.25) is 0 Å². The van der Waals surface area contributed by atoms with Crippen LogP contribution in [0.3, 0.4) is 0 Å². The van der Waals surface area contributed by atoms with Gasteiger partial charge in [0.25, 0.3) is 0 Å². The maximum atomic E-state index is 10.6.